The molecule has 3 N–H and O–H groups in total. The normalized spacial score (nSPS) is 11.8. The highest BCUT2D eigenvalue weighted by atomic mass is 35.5. The molecule has 0 aliphatic heterocycles. The van der Waals surface area contributed by atoms with Crippen molar-refractivity contribution in [2.24, 2.45) is 10.9 Å². The smallest absolute Gasteiger partial charge is 0.175 e. The molecule has 0 fully saturated rings. The van der Waals surface area contributed by atoms with Crippen LogP contribution in [-0.2, 0) is 0 Å². The molecule has 1 aromatic heterocycles. The average Bonchev–Trinajstić information content (AvgIpc) is 2.68. The van der Waals surface area contributed by atoms with Crippen LogP contribution in [0.3, 0.4) is 0 Å². The van der Waals surface area contributed by atoms with Crippen LogP contribution < -0.4 is 5.73 Å². The fraction of sp³-hybridized carbons (Fsp3) is 0.0909. The summed E-state index contributed by atoms with van der Waals surface area (Å²) in [4.78, 5) is 0. The quantitative estimate of drug-likeness (QED) is 0.379. The zero-order chi connectivity index (χ0) is 13.3. The van der Waals surface area contributed by atoms with Crippen LogP contribution in [0, 0.1) is 12.7 Å². The van der Waals surface area contributed by atoms with Crippen molar-refractivity contribution in [3.8, 4) is 5.69 Å². The van der Waals surface area contributed by atoms with Crippen molar-refractivity contribution in [3.05, 3.63) is 46.5 Å². The van der Waals surface area contributed by atoms with Gasteiger partial charge in [-0.25, -0.2) is 9.07 Å². The summed E-state index contributed by atoms with van der Waals surface area (Å²) >= 11 is 5.90. The maximum atomic E-state index is 13.7. The van der Waals surface area contributed by atoms with Gasteiger partial charge in [-0.3, -0.25) is 0 Å². The molecule has 0 saturated heterocycles. The molecule has 18 heavy (non-hydrogen) atoms. The average molecular weight is 269 g/mol. The van der Waals surface area contributed by atoms with Crippen molar-refractivity contribution in [1.82, 2.24) is 9.78 Å². The summed E-state index contributed by atoms with van der Waals surface area (Å²) in [5.74, 6) is -0.931. The fourth-order valence-corrected chi connectivity index (χ4v) is 1.70. The number of hydrogen-bond donors (Lipinski definition) is 2. The van der Waals surface area contributed by atoms with Crippen LogP contribution in [0.15, 0.2) is 29.6 Å². The third-order valence-corrected chi connectivity index (χ3v) is 2.81. The van der Waals surface area contributed by atoms with E-state index in [1.165, 1.54) is 23.0 Å². The van der Waals surface area contributed by atoms with Crippen LogP contribution in [0.5, 0.6) is 0 Å². The van der Waals surface area contributed by atoms with E-state index in [0.717, 1.165) is 0 Å². The Bertz CT molecular complexity index is 604. The van der Waals surface area contributed by atoms with Crippen LogP contribution in [0.4, 0.5) is 4.39 Å². The maximum Gasteiger partial charge on any atom is 0.175 e. The van der Waals surface area contributed by atoms with Gasteiger partial charge in [-0.15, -0.1) is 0 Å². The summed E-state index contributed by atoms with van der Waals surface area (Å²) < 4.78 is 15.1. The molecule has 0 unspecified atom stereocenters. The summed E-state index contributed by atoms with van der Waals surface area (Å²) in [6, 6.07) is 4.32. The van der Waals surface area contributed by atoms with Crippen molar-refractivity contribution < 1.29 is 9.60 Å². The van der Waals surface area contributed by atoms with Gasteiger partial charge in [0.25, 0.3) is 0 Å². The van der Waals surface area contributed by atoms with E-state index in [1.807, 2.05) is 0 Å². The van der Waals surface area contributed by atoms with Gasteiger partial charge >= 0.3 is 0 Å². The molecular weight excluding hydrogens is 259 g/mol. The fourth-order valence-electron chi connectivity index (χ4n) is 1.57. The van der Waals surface area contributed by atoms with E-state index in [0.29, 0.717) is 16.4 Å². The molecule has 1 aromatic carbocycles. The first-order valence-electron chi connectivity index (χ1n) is 5.03. The van der Waals surface area contributed by atoms with Crippen molar-refractivity contribution >= 4 is 17.4 Å². The summed E-state index contributed by atoms with van der Waals surface area (Å²) in [6.07, 6.45) is 1.53. The molecule has 2 rings (SSSR count). The van der Waals surface area contributed by atoms with Gasteiger partial charge in [0.05, 0.1) is 22.0 Å². The highest BCUT2D eigenvalue weighted by molar-refractivity contribution is 6.31. The first-order valence-corrected chi connectivity index (χ1v) is 5.41. The molecule has 0 radical (unpaired) electrons. The Balaban J connectivity index is 2.68. The lowest BCUT2D eigenvalue weighted by atomic mass is 10.1. The zero-order valence-electron chi connectivity index (χ0n) is 9.43. The molecule has 7 heteroatoms. The number of hydrogen-bond acceptors (Lipinski definition) is 3. The molecular formula is C11H10ClFN4O. The Morgan fingerprint density at radius 3 is 2.83 bits per heavy atom. The van der Waals surface area contributed by atoms with E-state index in [4.69, 9.17) is 22.5 Å². The Hall–Kier alpha value is -2.08. The lowest BCUT2D eigenvalue weighted by molar-refractivity contribution is 0.318. The largest absolute Gasteiger partial charge is 0.409 e. The Labute approximate surface area is 107 Å². The monoisotopic (exact) mass is 268 g/mol. The SMILES string of the molecule is Cc1nn(-c2cccc(F)c2C(N)=NO)cc1Cl. The first-order chi connectivity index (χ1) is 8.54. The molecule has 2 aromatic rings. The molecule has 1 heterocycles. The van der Waals surface area contributed by atoms with Crippen molar-refractivity contribution in [1.29, 1.82) is 0 Å². The second kappa shape index (κ2) is 4.66. The van der Waals surface area contributed by atoms with E-state index < -0.39 is 5.82 Å². The number of rotatable bonds is 2. The van der Waals surface area contributed by atoms with Gasteiger partial charge < -0.3 is 10.9 Å². The minimum atomic E-state index is -0.605. The number of benzene rings is 1. The van der Waals surface area contributed by atoms with Crippen molar-refractivity contribution in [2.75, 3.05) is 0 Å². The Morgan fingerprint density at radius 1 is 1.56 bits per heavy atom. The number of aromatic nitrogens is 2. The molecule has 0 spiro atoms. The highest BCUT2D eigenvalue weighted by Crippen LogP contribution is 2.21. The molecule has 0 atom stereocenters. The van der Waals surface area contributed by atoms with E-state index in [2.05, 4.69) is 10.3 Å². The van der Waals surface area contributed by atoms with Crippen LogP contribution in [0.2, 0.25) is 5.02 Å². The summed E-state index contributed by atoms with van der Waals surface area (Å²) in [6.45, 7) is 1.72. The van der Waals surface area contributed by atoms with E-state index in [-0.39, 0.29) is 11.4 Å². The summed E-state index contributed by atoms with van der Waals surface area (Å²) in [5.41, 5.74) is 6.39. The van der Waals surface area contributed by atoms with Gasteiger partial charge in [-0.05, 0) is 19.1 Å². The van der Waals surface area contributed by atoms with Crippen molar-refractivity contribution in [2.45, 2.75) is 6.92 Å². The van der Waals surface area contributed by atoms with Gasteiger partial charge in [-0.1, -0.05) is 22.8 Å². The van der Waals surface area contributed by atoms with Crippen LogP contribution in [0.1, 0.15) is 11.3 Å². The third kappa shape index (κ3) is 2.02. The van der Waals surface area contributed by atoms with Gasteiger partial charge in [0, 0.05) is 6.20 Å². The van der Waals surface area contributed by atoms with Gasteiger partial charge in [-0.2, -0.15) is 5.10 Å². The van der Waals surface area contributed by atoms with Crippen molar-refractivity contribution in [3.63, 3.8) is 0 Å². The predicted molar refractivity (Wildman–Crippen MR) is 65.8 cm³/mol. The molecule has 0 bridgehead atoms. The first kappa shape index (κ1) is 12.4. The second-order valence-corrected chi connectivity index (χ2v) is 4.03. The molecule has 0 amide bonds. The Kier molecular flexibility index (Phi) is 3.20. The van der Waals surface area contributed by atoms with Crippen LogP contribution >= 0.6 is 11.6 Å². The molecule has 0 aliphatic carbocycles. The Morgan fingerprint density at radius 2 is 2.28 bits per heavy atom. The number of oxime groups is 1. The van der Waals surface area contributed by atoms with Crippen LogP contribution in [-0.4, -0.2) is 20.8 Å². The predicted octanol–water partition coefficient (Wildman–Crippen LogP) is 2.07. The lowest BCUT2D eigenvalue weighted by Crippen LogP contribution is -2.18. The second-order valence-electron chi connectivity index (χ2n) is 3.63. The van der Waals surface area contributed by atoms with E-state index in [9.17, 15) is 4.39 Å². The van der Waals surface area contributed by atoms with E-state index in [1.54, 1.807) is 13.0 Å². The molecule has 0 aliphatic rings. The molecule has 0 saturated carbocycles. The van der Waals surface area contributed by atoms with Gasteiger partial charge in [0.2, 0.25) is 0 Å². The summed E-state index contributed by atoms with van der Waals surface area (Å²) in [7, 11) is 0. The number of aryl methyl sites for hydroxylation is 1. The molecule has 5 nitrogen and oxygen atoms in total. The number of halogens is 2. The third-order valence-electron chi connectivity index (χ3n) is 2.44. The van der Waals surface area contributed by atoms with Crippen LogP contribution in [0.25, 0.3) is 5.69 Å². The van der Waals surface area contributed by atoms with Gasteiger partial charge in [0.1, 0.15) is 5.82 Å². The number of nitrogens with zero attached hydrogens (tertiary/aromatic N) is 3. The number of nitrogens with two attached hydrogens (primary N) is 1. The minimum Gasteiger partial charge on any atom is -0.409 e. The van der Waals surface area contributed by atoms with Gasteiger partial charge in [0.15, 0.2) is 5.84 Å². The number of amidine groups is 1. The summed E-state index contributed by atoms with van der Waals surface area (Å²) in [5, 5.41) is 16.1. The maximum absolute atomic E-state index is 13.7. The van der Waals surface area contributed by atoms with E-state index >= 15 is 0 Å². The highest BCUT2D eigenvalue weighted by Gasteiger charge is 2.15. The zero-order valence-corrected chi connectivity index (χ0v) is 10.2. The topological polar surface area (TPSA) is 76.4 Å². The molecule has 94 valence electrons. The standard InChI is InChI=1S/C11H10ClFN4O/c1-6-7(12)5-17(15-6)9-4-2-3-8(13)10(9)11(14)16-18/h2-5,18H,1H3,(H2,14,16). The minimum absolute atomic E-state index is 0.0285. The lowest BCUT2D eigenvalue weighted by Gasteiger charge is -2.08.